The Bertz CT molecular complexity index is 435. The number of halogens is 1. The van der Waals surface area contributed by atoms with Gasteiger partial charge in [-0.15, -0.1) is 0 Å². The van der Waals surface area contributed by atoms with Gasteiger partial charge in [-0.1, -0.05) is 22.9 Å². The van der Waals surface area contributed by atoms with Crippen molar-refractivity contribution in [1.29, 1.82) is 5.26 Å². The number of anilines is 1. The molecule has 0 aromatic carbocycles. The monoisotopic (exact) mass is 256 g/mol. The van der Waals surface area contributed by atoms with Gasteiger partial charge >= 0.3 is 0 Å². The van der Waals surface area contributed by atoms with E-state index in [-0.39, 0.29) is 5.54 Å². The molecule has 2 heterocycles. The normalized spacial score (nSPS) is 19.5. The molecular formula is C10H13ClN4S. The molecule has 0 aliphatic carbocycles. The zero-order valence-corrected chi connectivity index (χ0v) is 10.8. The van der Waals surface area contributed by atoms with Crippen molar-refractivity contribution in [2.45, 2.75) is 19.4 Å². The molecule has 1 fully saturated rings. The lowest BCUT2D eigenvalue weighted by atomic mass is 10.0. The SMILES string of the molecule is CC1(C)CNCCN1c1nc(Cl)c(C#N)s1. The molecule has 4 nitrogen and oxygen atoms in total. The Morgan fingerprint density at radius 1 is 1.62 bits per heavy atom. The minimum atomic E-state index is 0.00611. The van der Waals surface area contributed by atoms with E-state index in [0.717, 1.165) is 24.8 Å². The minimum absolute atomic E-state index is 0.00611. The maximum absolute atomic E-state index is 8.87. The Kier molecular flexibility index (Phi) is 3.06. The predicted octanol–water partition coefficient (Wildman–Crippen LogP) is 1.86. The summed E-state index contributed by atoms with van der Waals surface area (Å²) >= 11 is 7.25. The average molecular weight is 257 g/mol. The summed E-state index contributed by atoms with van der Waals surface area (Å²) in [6, 6.07) is 2.06. The van der Waals surface area contributed by atoms with Gasteiger partial charge in [0.1, 0.15) is 10.9 Å². The molecule has 0 radical (unpaired) electrons. The number of nitriles is 1. The molecule has 0 bridgehead atoms. The van der Waals surface area contributed by atoms with Crippen molar-refractivity contribution in [1.82, 2.24) is 10.3 Å². The molecule has 0 spiro atoms. The summed E-state index contributed by atoms with van der Waals surface area (Å²) in [7, 11) is 0. The van der Waals surface area contributed by atoms with E-state index in [1.807, 2.05) is 0 Å². The zero-order chi connectivity index (χ0) is 11.8. The fourth-order valence-electron chi connectivity index (χ4n) is 1.81. The summed E-state index contributed by atoms with van der Waals surface area (Å²) in [5.74, 6) is 0. The van der Waals surface area contributed by atoms with E-state index in [2.05, 4.69) is 35.1 Å². The van der Waals surface area contributed by atoms with Gasteiger partial charge < -0.3 is 10.2 Å². The van der Waals surface area contributed by atoms with Gasteiger partial charge in [0.05, 0.1) is 0 Å². The molecule has 0 atom stereocenters. The van der Waals surface area contributed by atoms with Crippen LogP contribution in [0.25, 0.3) is 0 Å². The molecule has 1 saturated heterocycles. The zero-order valence-electron chi connectivity index (χ0n) is 9.25. The quantitative estimate of drug-likeness (QED) is 0.833. The largest absolute Gasteiger partial charge is 0.340 e. The van der Waals surface area contributed by atoms with E-state index in [1.54, 1.807) is 0 Å². The Hall–Kier alpha value is -0.830. The van der Waals surface area contributed by atoms with Crippen molar-refractivity contribution in [2.24, 2.45) is 0 Å². The fraction of sp³-hybridized carbons (Fsp3) is 0.600. The molecule has 0 amide bonds. The van der Waals surface area contributed by atoms with Gasteiger partial charge in [-0.2, -0.15) is 5.26 Å². The molecule has 16 heavy (non-hydrogen) atoms. The molecular weight excluding hydrogens is 244 g/mol. The molecule has 1 aromatic heterocycles. The molecule has 0 unspecified atom stereocenters. The first-order valence-corrected chi connectivity index (χ1v) is 6.29. The van der Waals surface area contributed by atoms with Gasteiger partial charge in [0.2, 0.25) is 0 Å². The number of nitrogens with one attached hydrogen (secondary N) is 1. The molecule has 1 aliphatic rings. The lowest BCUT2D eigenvalue weighted by molar-refractivity contribution is 0.380. The van der Waals surface area contributed by atoms with Crippen molar-refractivity contribution < 1.29 is 0 Å². The van der Waals surface area contributed by atoms with Crippen LogP contribution in [0.1, 0.15) is 18.7 Å². The lowest BCUT2D eigenvalue weighted by Gasteiger charge is -2.42. The molecule has 1 N–H and O–H groups in total. The summed E-state index contributed by atoms with van der Waals surface area (Å²) in [5.41, 5.74) is 0.00611. The summed E-state index contributed by atoms with van der Waals surface area (Å²) in [6.07, 6.45) is 0. The fourth-order valence-corrected chi connectivity index (χ4v) is 3.04. The highest BCUT2D eigenvalue weighted by Gasteiger charge is 2.32. The van der Waals surface area contributed by atoms with Crippen molar-refractivity contribution in [3.63, 3.8) is 0 Å². The highest BCUT2D eigenvalue weighted by molar-refractivity contribution is 7.16. The highest BCUT2D eigenvalue weighted by atomic mass is 35.5. The van der Waals surface area contributed by atoms with Crippen LogP contribution in [0, 0.1) is 11.3 Å². The van der Waals surface area contributed by atoms with Gasteiger partial charge in [-0.25, -0.2) is 4.98 Å². The van der Waals surface area contributed by atoms with Crippen LogP contribution in [0.3, 0.4) is 0 Å². The topological polar surface area (TPSA) is 52.0 Å². The van der Waals surface area contributed by atoms with Crippen LogP contribution in [0.2, 0.25) is 5.15 Å². The minimum Gasteiger partial charge on any atom is -0.340 e. The number of hydrogen-bond donors (Lipinski definition) is 1. The van der Waals surface area contributed by atoms with Crippen molar-refractivity contribution >= 4 is 28.1 Å². The van der Waals surface area contributed by atoms with Crippen LogP contribution in [0.4, 0.5) is 5.13 Å². The first-order valence-electron chi connectivity index (χ1n) is 5.09. The van der Waals surface area contributed by atoms with Crippen LogP contribution in [-0.2, 0) is 0 Å². The van der Waals surface area contributed by atoms with Crippen LogP contribution in [0.15, 0.2) is 0 Å². The van der Waals surface area contributed by atoms with Gasteiger partial charge in [0.25, 0.3) is 0 Å². The van der Waals surface area contributed by atoms with E-state index in [0.29, 0.717) is 10.0 Å². The first-order chi connectivity index (χ1) is 7.54. The Labute approximate surface area is 104 Å². The van der Waals surface area contributed by atoms with E-state index < -0.39 is 0 Å². The maximum atomic E-state index is 8.87. The maximum Gasteiger partial charge on any atom is 0.188 e. The number of rotatable bonds is 1. The molecule has 86 valence electrons. The Morgan fingerprint density at radius 2 is 2.38 bits per heavy atom. The smallest absolute Gasteiger partial charge is 0.188 e. The van der Waals surface area contributed by atoms with E-state index in [1.165, 1.54) is 11.3 Å². The second kappa shape index (κ2) is 4.21. The Morgan fingerprint density at radius 3 is 2.94 bits per heavy atom. The average Bonchev–Trinajstić information content (AvgIpc) is 2.58. The summed E-state index contributed by atoms with van der Waals surface area (Å²) < 4.78 is 0. The number of piperazine rings is 1. The Balaban J connectivity index is 2.32. The second-order valence-corrected chi connectivity index (χ2v) is 5.70. The number of nitrogens with zero attached hydrogens (tertiary/aromatic N) is 3. The first kappa shape index (κ1) is 11.6. The standard InChI is InChI=1S/C10H13ClN4S/c1-10(2)6-13-3-4-15(10)9-14-8(11)7(5-12)16-9/h13H,3-4,6H2,1-2H3. The van der Waals surface area contributed by atoms with Crippen LogP contribution >= 0.6 is 22.9 Å². The van der Waals surface area contributed by atoms with E-state index in [9.17, 15) is 0 Å². The third-order valence-electron chi connectivity index (χ3n) is 2.71. The van der Waals surface area contributed by atoms with Crippen molar-refractivity contribution in [3.05, 3.63) is 10.0 Å². The third kappa shape index (κ3) is 2.01. The number of thiazole rings is 1. The summed E-state index contributed by atoms with van der Waals surface area (Å²) in [5, 5.41) is 13.4. The van der Waals surface area contributed by atoms with Crippen LogP contribution in [0.5, 0.6) is 0 Å². The number of aromatic nitrogens is 1. The third-order valence-corrected chi connectivity index (χ3v) is 4.08. The molecule has 2 rings (SSSR count). The van der Waals surface area contributed by atoms with E-state index in [4.69, 9.17) is 16.9 Å². The number of hydrogen-bond acceptors (Lipinski definition) is 5. The highest BCUT2D eigenvalue weighted by Crippen LogP contribution is 2.33. The molecule has 0 saturated carbocycles. The summed E-state index contributed by atoms with van der Waals surface area (Å²) in [6.45, 7) is 7.04. The second-order valence-electron chi connectivity index (χ2n) is 4.37. The molecule has 1 aliphatic heterocycles. The molecule has 6 heteroatoms. The van der Waals surface area contributed by atoms with Gasteiger partial charge in [0, 0.05) is 25.2 Å². The van der Waals surface area contributed by atoms with E-state index >= 15 is 0 Å². The van der Waals surface area contributed by atoms with Crippen LogP contribution in [-0.4, -0.2) is 30.2 Å². The van der Waals surface area contributed by atoms with Gasteiger partial charge in [-0.3, -0.25) is 0 Å². The molecule has 1 aromatic rings. The summed E-state index contributed by atoms with van der Waals surface area (Å²) in [4.78, 5) is 6.96. The lowest BCUT2D eigenvalue weighted by Crippen LogP contribution is -2.58. The van der Waals surface area contributed by atoms with Gasteiger partial charge in [0.15, 0.2) is 10.3 Å². The van der Waals surface area contributed by atoms with Gasteiger partial charge in [-0.05, 0) is 13.8 Å². The van der Waals surface area contributed by atoms with Crippen molar-refractivity contribution in [3.8, 4) is 6.07 Å². The van der Waals surface area contributed by atoms with Crippen LogP contribution < -0.4 is 10.2 Å². The predicted molar refractivity (Wildman–Crippen MR) is 66.1 cm³/mol. The van der Waals surface area contributed by atoms with Crippen molar-refractivity contribution in [2.75, 3.05) is 24.5 Å².